The summed E-state index contributed by atoms with van der Waals surface area (Å²) >= 11 is 0. The van der Waals surface area contributed by atoms with Crippen molar-refractivity contribution in [1.82, 2.24) is 9.97 Å². The van der Waals surface area contributed by atoms with E-state index >= 15 is 0 Å². The molecule has 3 nitrogen and oxygen atoms in total. The van der Waals surface area contributed by atoms with Gasteiger partial charge in [-0.05, 0) is 12.8 Å². The zero-order valence-corrected chi connectivity index (χ0v) is 8.95. The fourth-order valence-corrected chi connectivity index (χ4v) is 1.52. The molecule has 0 bridgehead atoms. The van der Waals surface area contributed by atoms with Crippen LogP contribution in [0.25, 0.3) is 0 Å². The van der Waals surface area contributed by atoms with Gasteiger partial charge in [0.15, 0.2) is 5.82 Å². The lowest BCUT2D eigenvalue weighted by Gasteiger charge is -2.16. The molecule has 77 valence electrons. The number of nitrogens with zero attached hydrogens (tertiary/aromatic N) is 2. The summed E-state index contributed by atoms with van der Waals surface area (Å²) in [6.45, 7) is 4.40. The van der Waals surface area contributed by atoms with Gasteiger partial charge in [0.1, 0.15) is 6.20 Å². The third-order valence-electron chi connectivity index (χ3n) is 2.13. The van der Waals surface area contributed by atoms with E-state index in [-0.39, 0.29) is 0 Å². The van der Waals surface area contributed by atoms with Crippen LogP contribution in [-0.2, 0) is 0 Å². The van der Waals surface area contributed by atoms with Crippen LogP contribution in [0.3, 0.4) is 0 Å². The summed E-state index contributed by atoms with van der Waals surface area (Å²) in [7, 11) is 0. The standard InChI is InChI=1S/C11H18N3/c1-3-5-10(6-4-2)14-11-9-12-7-8-13-11/h7-8,10H,3-6H2,1-2H3,(H,13,14). The lowest BCUT2D eigenvalue weighted by molar-refractivity contribution is 0.584. The predicted octanol–water partition coefficient (Wildman–Crippen LogP) is 2.66. The molecule has 0 aliphatic carbocycles. The van der Waals surface area contributed by atoms with E-state index in [2.05, 4.69) is 35.3 Å². The Hall–Kier alpha value is -1.12. The lowest BCUT2D eigenvalue weighted by Crippen LogP contribution is -2.19. The lowest BCUT2D eigenvalue weighted by atomic mass is 10.1. The molecule has 1 heterocycles. The quantitative estimate of drug-likeness (QED) is 0.753. The van der Waals surface area contributed by atoms with Crippen LogP contribution >= 0.6 is 0 Å². The fraction of sp³-hybridized carbons (Fsp3) is 0.636. The molecular formula is C11H18N3. The summed E-state index contributed by atoms with van der Waals surface area (Å²) < 4.78 is 0. The van der Waals surface area contributed by atoms with Crippen molar-refractivity contribution < 1.29 is 0 Å². The summed E-state index contributed by atoms with van der Waals surface area (Å²) in [4.78, 5) is 8.06. The highest BCUT2D eigenvalue weighted by atomic mass is 15.0. The van der Waals surface area contributed by atoms with Crippen molar-refractivity contribution >= 4 is 5.82 Å². The topological polar surface area (TPSA) is 37.8 Å². The molecule has 0 unspecified atom stereocenters. The number of hydrogen-bond acceptors (Lipinski definition) is 3. The molecule has 0 saturated carbocycles. The van der Waals surface area contributed by atoms with Crippen LogP contribution in [0.5, 0.6) is 0 Å². The molecule has 0 aliphatic heterocycles. The molecule has 0 fully saturated rings. The summed E-state index contributed by atoms with van der Waals surface area (Å²) in [6, 6.07) is 0.512. The van der Waals surface area contributed by atoms with E-state index in [1.165, 1.54) is 25.7 Å². The normalized spacial score (nSPS) is 10.5. The molecule has 0 aliphatic rings. The van der Waals surface area contributed by atoms with Crippen molar-refractivity contribution in [2.45, 2.75) is 45.6 Å². The van der Waals surface area contributed by atoms with Crippen LogP contribution in [0.15, 0.2) is 12.4 Å². The first-order valence-electron chi connectivity index (χ1n) is 5.32. The van der Waals surface area contributed by atoms with Gasteiger partial charge in [-0.1, -0.05) is 26.7 Å². The van der Waals surface area contributed by atoms with Crippen LogP contribution in [0.1, 0.15) is 39.5 Å². The van der Waals surface area contributed by atoms with E-state index in [9.17, 15) is 0 Å². The molecule has 1 aromatic rings. The monoisotopic (exact) mass is 192 g/mol. The van der Waals surface area contributed by atoms with Crippen molar-refractivity contribution in [1.29, 1.82) is 0 Å². The second kappa shape index (κ2) is 6.35. The minimum Gasteiger partial charge on any atom is -0.365 e. The van der Waals surface area contributed by atoms with Gasteiger partial charge in [-0.3, -0.25) is 0 Å². The molecule has 0 amide bonds. The number of hydrogen-bond donors (Lipinski definition) is 1. The third-order valence-corrected chi connectivity index (χ3v) is 2.13. The highest BCUT2D eigenvalue weighted by molar-refractivity contribution is 5.29. The Morgan fingerprint density at radius 2 is 2.00 bits per heavy atom. The number of nitrogens with one attached hydrogen (secondary N) is 1. The van der Waals surface area contributed by atoms with Crippen LogP contribution in [0.2, 0.25) is 0 Å². The summed E-state index contributed by atoms with van der Waals surface area (Å²) in [5.41, 5.74) is 0. The van der Waals surface area contributed by atoms with E-state index in [1.54, 1.807) is 12.4 Å². The highest BCUT2D eigenvalue weighted by Crippen LogP contribution is 2.10. The number of anilines is 1. The van der Waals surface area contributed by atoms with Gasteiger partial charge < -0.3 is 5.32 Å². The van der Waals surface area contributed by atoms with E-state index in [0.29, 0.717) is 6.04 Å². The molecule has 1 radical (unpaired) electrons. The third kappa shape index (κ3) is 3.73. The van der Waals surface area contributed by atoms with Gasteiger partial charge in [0.25, 0.3) is 0 Å². The Morgan fingerprint density at radius 1 is 1.29 bits per heavy atom. The second-order valence-electron chi connectivity index (χ2n) is 3.44. The van der Waals surface area contributed by atoms with Crippen molar-refractivity contribution in [3.05, 3.63) is 18.6 Å². The Bertz CT molecular complexity index is 230. The molecule has 14 heavy (non-hydrogen) atoms. The van der Waals surface area contributed by atoms with Crippen LogP contribution in [0.4, 0.5) is 5.82 Å². The molecule has 1 N–H and O–H groups in total. The Balaban J connectivity index is 2.46. The Morgan fingerprint density at radius 3 is 2.50 bits per heavy atom. The molecule has 3 heteroatoms. The van der Waals surface area contributed by atoms with Crippen molar-refractivity contribution in [3.63, 3.8) is 0 Å². The maximum Gasteiger partial charge on any atom is 0.154 e. The summed E-state index contributed by atoms with van der Waals surface area (Å²) in [5, 5.41) is 3.35. The van der Waals surface area contributed by atoms with Crippen LogP contribution < -0.4 is 5.32 Å². The largest absolute Gasteiger partial charge is 0.365 e. The minimum atomic E-state index is 0.512. The van der Waals surface area contributed by atoms with Crippen LogP contribution in [0, 0.1) is 6.20 Å². The van der Waals surface area contributed by atoms with Gasteiger partial charge in [-0.2, -0.15) is 0 Å². The maximum atomic E-state index is 4.15. The molecule has 0 saturated heterocycles. The minimum absolute atomic E-state index is 0.512. The molecule has 0 atom stereocenters. The maximum absolute atomic E-state index is 4.15. The van der Waals surface area contributed by atoms with E-state index in [1.807, 2.05) is 0 Å². The van der Waals surface area contributed by atoms with Gasteiger partial charge in [0.05, 0.1) is 0 Å². The zero-order valence-electron chi connectivity index (χ0n) is 8.95. The van der Waals surface area contributed by atoms with Gasteiger partial charge in [0.2, 0.25) is 0 Å². The first-order chi connectivity index (χ1) is 6.86. The first-order valence-corrected chi connectivity index (χ1v) is 5.32. The fourth-order valence-electron chi connectivity index (χ4n) is 1.52. The van der Waals surface area contributed by atoms with Crippen molar-refractivity contribution in [2.24, 2.45) is 0 Å². The van der Waals surface area contributed by atoms with Crippen molar-refractivity contribution in [2.75, 3.05) is 5.32 Å². The second-order valence-corrected chi connectivity index (χ2v) is 3.44. The number of rotatable bonds is 6. The van der Waals surface area contributed by atoms with E-state index < -0.39 is 0 Å². The Kier molecular flexibility index (Phi) is 4.97. The molecule has 1 rings (SSSR count). The predicted molar refractivity (Wildman–Crippen MR) is 58.1 cm³/mol. The molecule has 0 spiro atoms. The highest BCUT2D eigenvalue weighted by Gasteiger charge is 2.06. The summed E-state index contributed by atoms with van der Waals surface area (Å²) in [5.74, 6) is 0.763. The summed E-state index contributed by atoms with van der Waals surface area (Å²) in [6.07, 6.45) is 10.9. The Labute approximate surface area is 86.0 Å². The van der Waals surface area contributed by atoms with Gasteiger partial charge in [-0.15, -0.1) is 0 Å². The van der Waals surface area contributed by atoms with Gasteiger partial charge >= 0.3 is 0 Å². The smallest absolute Gasteiger partial charge is 0.154 e. The van der Waals surface area contributed by atoms with Gasteiger partial charge in [-0.25, -0.2) is 9.97 Å². The average Bonchev–Trinajstić information content (AvgIpc) is 2.20. The molecule has 1 aromatic heterocycles. The van der Waals surface area contributed by atoms with E-state index in [0.717, 1.165) is 5.82 Å². The SMILES string of the molecule is CCCC(CCC)Nc1[c]nccn1. The molecular weight excluding hydrogens is 174 g/mol. The van der Waals surface area contributed by atoms with Crippen LogP contribution in [-0.4, -0.2) is 16.0 Å². The average molecular weight is 192 g/mol. The first kappa shape index (κ1) is 11.0. The van der Waals surface area contributed by atoms with E-state index in [4.69, 9.17) is 0 Å². The molecule has 0 aromatic carbocycles. The van der Waals surface area contributed by atoms with Gasteiger partial charge in [0, 0.05) is 18.4 Å². The van der Waals surface area contributed by atoms with Crippen molar-refractivity contribution in [3.8, 4) is 0 Å². The zero-order chi connectivity index (χ0) is 10.2. The number of aromatic nitrogens is 2.